The minimum absolute atomic E-state index is 0.129. The number of aryl methyl sites for hydroxylation is 2. The molecule has 2 unspecified atom stereocenters. The molecule has 3 rings (SSSR count). The summed E-state index contributed by atoms with van der Waals surface area (Å²) in [5.74, 6) is 0.129. The number of aromatic nitrogens is 2. The Morgan fingerprint density at radius 3 is 2.95 bits per heavy atom. The van der Waals surface area contributed by atoms with Crippen molar-refractivity contribution in [3.05, 3.63) is 17.5 Å². The Kier molecular flexibility index (Phi) is 3.31. The topological polar surface area (TPSA) is 50.2 Å². The van der Waals surface area contributed by atoms with Crippen molar-refractivity contribution in [2.45, 2.75) is 44.7 Å². The molecule has 2 saturated heterocycles. The van der Waals surface area contributed by atoms with Gasteiger partial charge >= 0.3 is 0 Å². The number of fused-ring (bicyclic) bond motifs is 2. The first-order valence-electron chi connectivity index (χ1n) is 7.25. The van der Waals surface area contributed by atoms with Gasteiger partial charge in [0, 0.05) is 32.2 Å². The van der Waals surface area contributed by atoms with Gasteiger partial charge in [0.2, 0.25) is 0 Å². The van der Waals surface area contributed by atoms with Crippen LogP contribution < -0.4 is 5.32 Å². The number of hydrogen-bond acceptors (Lipinski definition) is 3. The molecule has 2 aliphatic heterocycles. The highest BCUT2D eigenvalue weighted by Crippen LogP contribution is 2.21. The quantitative estimate of drug-likeness (QED) is 0.863. The summed E-state index contributed by atoms with van der Waals surface area (Å²) < 4.78 is 1.72. The molecule has 0 saturated carbocycles. The third-order valence-electron chi connectivity index (χ3n) is 4.32. The van der Waals surface area contributed by atoms with Gasteiger partial charge in [-0.15, -0.1) is 0 Å². The van der Waals surface area contributed by atoms with Gasteiger partial charge in [0.1, 0.15) is 5.69 Å². The van der Waals surface area contributed by atoms with Crippen LogP contribution in [0, 0.1) is 0 Å². The van der Waals surface area contributed by atoms with E-state index in [9.17, 15) is 4.79 Å². The van der Waals surface area contributed by atoms with E-state index in [1.165, 1.54) is 12.8 Å². The van der Waals surface area contributed by atoms with Gasteiger partial charge in [0.25, 0.3) is 5.91 Å². The minimum atomic E-state index is 0.129. The summed E-state index contributed by atoms with van der Waals surface area (Å²) in [5.41, 5.74) is 1.70. The van der Waals surface area contributed by atoms with Gasteiger partial charge in [0.15, 0.2) is 0 Å². The molecule has 5 nitrogen and oxygen atoms in total. The molecule has 1 aromatic heterocycles. The maximum atomic E-state index is 12.6. The third-order valence-corrected chi connectivity index (χ3v) is 4.32. The SMILES string of the molecule is CCc1cc(C(=O)N2CCC3CCC(C2)N3)n(C)n1. The summed E-state index contributed by atoms with van der Waals surface area (Å²) >= 11 is 0. The van der Waals surface area contributed by atoms with Gasteiger partial charge in [-0.25, -0.2) is 0 Å². The highest BCUT2D eigenvalue weighted by molar-refractivity contribution is 5.92. The predicted octanol–water partition coefficient (Wildman–Crippen LogP) is 0.949. The van der Waals surface area contributed by atoms with Gasteiger partial charge in [-0.1, -0.05) is 6.92 Å². The van der Waals surface area contributed by atoms with Crippen LogP contribution in [-0.2, 0) is 13.5 Å². The molecule has 1 N–H and O–H groups in total. The standard InChI is InChI=1S/C14H22N4O/c1-3-10-8-13(17(2)16-10)14(19)18-7-6-11-4-5-12(9-18)15-11/h8,11-12,15H,3-7,9H2,1-2H3. The molecular formula is C14H22N4O. The second-order valence-electron chi connectivity index (χ2n) is 5.68. The van der Waals surface area contributed by atoms with E-state index < -0.39 is 0 Å². The lowest BCUT2D eigenvalue weighted by Gasteiger charge is -2.24. The first-order valence-corrected chi connectivity index (χ1v) is 7.25. The Morgan fingerprint density at radius 2 is 2.21 bits per heavy atom. The lowest BCUT2D eigenvalue weighted by atomic mass is 10.1. The molecule has 0 spiro atoms. The van der Waals surface area contributed by atoms with Gasteiger partial charge < -0.3 is 10.2 Å². The molecule has 0 aliphatic carbocycles. The van der Waals surface area contributed by atoms with Crippen molar-refractivity contribution in [3.63, 3.8) is 0 Å². The summed E-state index contributed by atoms with van der Waals surface area (Å²) in [4.78, 5) is 14.6. The van der Waals surface area contributed by atoms with Crippen LogP contribution >= 0.6 is 0 Å². The number of nitrogens with one attached hydrogen (secondary N) is 1. The van der Waals surface area contributed by atoms with Crippen molar-refractivity contribution in [1.82, 2.24) is 20.0 Å². The third kappa shape index (κ3) is 2.39. The Balaban J connectivity index is 1.77. The predicted molar refractivity (Wildman–Crippen MR) is 73.1 cm³/mol. The zero-order valence-electron chi connectivity index (χ0n) is 11.7. The minimum Gasteiger partial charge on any atom is -0.336 e. The van der Waals surface area contributed by atoms with E-state index in [4.69, 9.17) is 0 Å². The molecule has 1 aromatic rings. The summed E-state index contributed by atoms with van der Waals surface area (Å²) in [5, 5.41) is 7.97. The second kappa shape index (κ2) is 4.96. The summed E-state index contributed by atoms with van der Waals surface area (Å²) in [6.07, 6.45) is 4.40. The lowest BCUT2D eigenvalue weighted by molar-refractivity contribution is 0.0737. The van der Waals surface area contributed by atoms with Crippen molar-refractivity contribution in [2.75, 3.05) is 13.1 Å². The largest absolute Gasteiger partial charge is 0.336 e. The number of likely N-dealkylation sites (tertiary alicyclic amines) is 1. The molecule has 2 bridgehead atoms. The molecule has 5 heteroatoms. The van der Waals surface area contributed by atoms with Gasteiger partial charge in [-0.3, -0.25) is 9.48 Å². The van der Waals surface area contributed by atoms with Crippen LogP contribution in [0.3, 0.4) is 0 Å². The Bertz CT molecular complexity index is 482. The van der Waals surface area contributed by atoms with Crippen molar-refractivity contribution in [1.29, 1.82) is 0 Å². The van der Waals surface area contributed by atoms with Crippen LogP contribution in [0.5, 0.6) is 0 Å². The normalized spacial score (nSPS) is 26.5. The molecule has 3 heterocycles. The molecule has 1 amide bonds. The zero-order valence-corrected chi connectivity index (χ0v) is 11.7. The summed E-state index contributed by atoms with van der Waals surface area (Å²) in [6, 6.07) is 3.02. The highest BCUT2D eigenvalue weighted by atomic mass is 16.2. The fourth-order valence-electron chi connectivity index (χ4n) is 3.19. The molecule has 2 fully saturated rings. The summed E-state index contributed by atoms with van der Waals surface area (Å²) in [6.45, 7) is 3.76. The molecule has 2 aliphatic rings. The van der Waals surface area contributed by atoms with Gasteiger partial charge in [0.05, 0.1) is 5.69 Å². The lowest BCUT2D eigenvalue weighted by Crippen LogP contribution is -2.39. The molecule has 2 atom stereocenters. The van der Waals surface area contributed by atoms with Crippen LogP contribution in [0.15, 0.2) is 6.07 Å². The van der Waals surface area contributed by atoms with E-state index in [1.807, 2.05) is 18.0 Å². The van der Waals surface area contributed by atoms with Crippen LogP contribution in [0.25, 0.3) is 0 Å². The molecular weight excluding hydrogens is 240 g/mol. The first-order chi connectivity index (χ1) is 9.17. The highest BCUT2D eigenvalue weighted by Gasteiger charge is 2.32. The van der Waals surface area contributed by atoms with Crippen molar-refractivity contribution in [2.24, 2.45) is 7.05 Å². The van der Waals surface area contributed by atoms with Crippen LogP contribution in [0.4, 0.5) is 0 Å². The second-order valence-corrected chi connectivity index (χ2v) is 5.68. The molecule has 19 heavy (non-hydrogen) atoms. The van der Waals surface area contributed by atoms with E-state index in [-0.39, 0.29) is 5.91 Å². The number of carbonyl (C=O) groups is 1. The Morgan fingerprint density at radius 1 is 1.42 bits per heavy atom. The fourth-order valence-corrected chi connectivity index (χ4v) is 3.19. The van der Waals surface area contributed by atoms with E-state index in [0.717, 1.165) is 37.3 Å². The van der Waals surface area contributed by atoms with E-state index in [1.54, 1.807) is 4.68 Å². The monoisotopic (exact) mass is 262 g/mol. The molecule has 104 valence electrons. The summed E-state index contributed by atoms with van der Waals surface area (Å²) in [7, 11) is 1.86. The number of amides is 1. The Labute approximate surface area is 114 Å². The smallest absolute Gasteiger partial charge is 0.272 e. The van der Waals surface area contributed by atoms with Crippen LogP contribution in [0.2, 0.25) is 0 Å². The maximum Gasteiger partial charge on any atom is 0.272 e. The average molecular weight is 262 g/mol. The van der Waals surface area contributed by atoms with Crippen molar-refractivity contribution >= 4 is 5.91 Å². The van der Waals surface area contributed by atoms with Gasteiger partial charge in [-0.05, 0) is 31.7 Å². The van der Waals surface area contributed by atoms with E-state index >= 15 is 0 Å². The maximum absolute atomic E-state index is 12.6. The van der Waals surface area contributed by atoms with Gasteiger partial charge in [-0.2, -0.15) is 5.10 Å². The van der Waals surface area contributed by atoms with E-state index in [0.29, 0.717) is 12.1 Å². The fraction of sp³-hybridized carbons (Fsp3) is 0.714. The number of hydrogen-bond donors (Lipinski definition) is 1. The van der Waals surface area contributed by atoms with E-state index in [2.05, 4.69) is 17.3 Å². The molecule has 0 aromatic carbocycles. The van der Waals surface area contributed by atoms with Crippen molar-refractivity contribution in [3.8, 4) is 0 Å². The number of nitrogens with zero attached hydrogens (tertiary/aromatic N) is 3. The number of carbonyl (C=O) groups excluding carboxylic acids is 1. The average Bonchev–Trinajstić information content (AvgIpc) is 2.91. The Hall–Kier alpha value is -1.36. The molecule has 0 radical (unpaired) electrons. The number of rotatable bonds is 2. The van der Waals surface area contributed by atoms with Crippen LogP contribution in [0.1, 0.15) is 42.4 Å². The van der Waals surface area contributed by atoms with Crippen LogP contribution in [-0.4, -0.2) is 45.8 Å². The first kappa shape index (κ1) is 12.7. The zero-order chi connectivity index (χ0) is 13.4. The van der Waals surface area contributed by atoms with Crippen molar-refractivity contribution < 1.29 is 4.79 Å².